The molecule has 3 nitrogen and oxygen atoms in total. The third-order valence-electron chi connectivity index (χ3n) is 3.47. The van der Waals surface area contributed by atoms with E-state index >= 15 is 0 Å². The molecule has 3 rings (SSSR count). The van der Waals surface area contributed by atoms with Crippen molar-refractivity contribution in [2.24, 2.45) is 0 Å². The Hall–Kier alpha value is -2.20. The van der Waals surface area contributed by atoms with E-state index in [9.17, 15) is 0 Å². The first kappa shape index (κ1) is 14.7. The Kier molecular flexibility index (Phi) is 4.49. The van der Waals surface area contributed by atoms with E-state index in [4.69, 9.17) is 0 Å². The summed E-state index contributed by atoms with van der Waals surface area (Å²) in [6, 6.07) is 18.8. The lowest BCUT2D eigenvalue weighted by Gasteiger charge is -2.17. The molecule has 2 aromatic carbocycles. The predicted molar refractivity (Wildman–Crippen MR) is 93.9 cm³/mol. The molecule has 0 bridgehead atoms. The zero-order valence-electron chi connectivity index (χ0n) is 12.8. The predicted octanol–water partition coefficient (Wildman–Crippen LogP) is 4.23. The van der Waals surface area contributed by atoms with E-state index in [-0.39, 0.29) is 0 Å². The van der Waals surface area contributed by atoms with Crippen molar-refractivity contribution in [3.05, 3.63) is 72.6 Å². The minimum Gasteiger partial charge on any atom is -0.377 e. The minimum absolute atomic E-state index is 0.901. The van der Waals surface area contributed by atoms with Gasteiger partial charge >= 0.3 is 0 Å². The standard InChI is InChI=1S/C18H19N3S/c1-20(2)17-11-7-6-8-15(17)14-22-18-19-12-13-21(18)16-9-4-3-5-10-16/h3-13H,14H2,1-2H3. The fourth-order valence-corrected chi connectivity index (χ4v) is 3.36. The van der Waals surface area contributed by atoms with Gasteiger partial charge in [-0.1, -0.05) is 48.2 Å². The van der Waals surface area contributed by atoms with Gasteiger partial charge < -0.3 is 4.90 Å². The Morgan fingerprint density at radius 2 is 1.73 bits per heavy atom. The van der Waals surface area contributed by atoms with Gasteiger partial charge in [0, 0.05) is 43.6 Å². The second-order valence-electron chi connectivity index (χ2n) is 5.23. The van der Waals surface area contributed by atoms with Crippen LogP contribution in [0.1, 0.15) is 5.56 Å². The van der Waals surface area contributed by atoms with E-state index < -0.39 is 0 Å². The number of hydrogen-bond acceptors (Lipinski definition) is 3. The molecule has 0 amide bonds. The summed E-state index contributed by atoms with van der Waals surface area (Å²) in [5, 5.41) is 1.01. The lowest BCUT2D eigenvalue weighted by atomic mass is 10.2. The van der Waals surface area contributed by atoms with E-state index in [0.29, 0.717) is 0 Å². The molecule has 0 atom stereocenters. The molecule has 4 heteroatoms. The summed E-state index contributed by atoms with van der Waals surface area (Å²) < 4.78 is 2.13. The number of hydrogen-bond donors (Lipinski definition) is 0. The van der Waals surface area contributed by atoms with Crippen LogP contribution in [0.25, 0.3) is 5.69 Å². The van der Waals surface area contributed by atoms with Crippen LogP contribution in [0.4, 0.5) is 5.69 Å². The molecule has 112 valence electrons. The largest absolute Gasteiger partial charge is 0.377 e. The highest BCUT2D eigenvalue weighted by Crippen LogP contribution is 2.28. The quantitative estimate of drug-likeness (QED) is 0.658. The highest BCUT2D eigenvalue weighted by molar-refractivity contribution is 7.98. The number of imidazole rings is 1. The molecule has 0 aliphatic heterocycles. The van der Waals surface area contributed by atoms with Crippen LogP contribution in [0.15, 0.2) is 72.1 Å². The molecule has 0 aliphatic rings. The normalized spacial score (nSPS) is 10.6. The van der Waals surface area contributed by atoms with Crippen LogP contribution in [0, 0.1) is 0 Å². The Labute approximate surface area is 135 Å². The smallest absolute Gasteiger partial charge is 0.172 e. The molecule has 0 N–H and O–H groups in total. The number of rotatable bonds is 5. The summed E-state index contributed by atoms with van der Waals surface area (Å²) in [6.45, 7) is 0. The maximum Gasteiger partial charge on any atom is 0.172 e. The summed E-state index contributed by atoms with van der Waals surface area (Å²) >= 11 is 1.76. The monoisotopic (exact) mass is 309 g/mol. The minimum atomic E-state index is 0.901. The Morgan fingerprint density at radius 3 is 2.50 bits per heavy atom. The molecule has 1 aromatic heterocycles. The van der Waals surface area contributed by atoms with Crippen molar-refractivity contribution in [1.29, 1.82) is 0 Å². The van der Waals surface area contributed by atoms with Crippen LogP contribution < -0.4 is 4.90 Å². The molecule has 0 unspecified atom stereocenters. The SMILES string of the molecule is CN(C)c1ccccc1CSc1nccn1-c1ccccc1. The molecular weight excluding hydrogens is 290 g/mol. The summed E-state index contributed by atoms with van der Waals surface area (Å²) in [5.74, 6) is 0.901. The first-order chi connectivity index (χ1) is 10.8. The second kappa shape index (κ2) is 6.71. The van der Waals surface area contributed by atoms with Gasteiger partial charge in [0.15, 0.2) is 5.16 Å². The zero-order valence-corrected chi connectivity index (χ0v) is 13.6. The van der Waals surface area contributed by atoms with Gasteiger partial charge in [0.1, 0.15) is 0 Å². The lowest BCUT2D eigenvalue weighted by molar-refractivity contribution is 0.895. The maximum atomic E-state index is 4.49. The van der Waals surface area contributed by atoms with E-state index in [0.717, 1.165) is 16.6 Å². The van der Waals surface area contributed by atoms with Crippen LogP contribution in [0.5, 0.6) is 0 Å². The molecule has 1 heterocycles. The highest BCUT2D eigenvalue weighted by Gasteiger charge is 2.08. The fourth-order valence-electron chi connectivity index (χ4n) is 2.39. The first-order valence-electron chi connectivity index (χ1n) is 7.22. The number of anilines is 1. The Bertz CT molecular complexity index is 735. The van der Waals surface area contributed by atoms with Crippen molar-refractivity contribution < 1.29 is 0 Å². The molecular formula is C18H19N3S. The molecule has 0 saturated heterocycles. The van der Waals surface area contributed by atoms with E-state index in [1.165, 1.54) is 11.3 Å². The zero-order chi connectivity index (χ0) is 15.4. The van der Waals surface area contributed by atoms with E-state index in [1.54, 1.807) is 11.8 Å². The molecule has 3 aromatic rings. The van der Waals surface area contributed by atoms with Crippen molar-refractivity contribution in [1.82, 2.24) is 9.55 Å². The molecule has 0 aliphatic carbocycles. The van der Waals surface area contributed by atoms with Crippen molar-refractivity contribution in [2.45, 2.75) is 10.9 Å². The van der Waals surface area contributed by atoms with Gasteiger partial charge in [0.05, 0.1) is 0 Å². The van der Waals surface area contributed by atoms with Crippen LogP contribution in [-0.4, -0.2) is 23.6 Å². The van der Waals surface area contributed by atoms with Crippen LogP contribution in [-0.2, 0) is 5.75 Å². The number of thioether (sulfide) groups is 1. The van der Waals surface area contributed by atoms with Gasteiger partial charge in [0.25, 0.3) is 0 Å². The van der Waals surface area contributed by atoms with Crippen LogP contribution in [0.2, 0.25) is 0 Å². The topological polar surface area (TPSA) is 21.1 Å². The Morgan fingerprint density at radius 1 is 1.00 bits per heavy atom. The van der Waals surface area contributed by atoms with Crippen LogP contribution in [0.3, 0.4) is 0 Å². The average Bonchev–Trinajstić information content (AvgIpc) is 3.02. The fraction of sp³-hybridized carbons (Fsp3) is 0.167. The number of nitrogens with zero attached hydrogens (tertiary/aromatic N) is 3. The van der Waals surface area contributed by atoms with Gasteiger partial charge in [-0.25, -0.2) is 4.98 Å². The maximum absolute atomic E-state index is 4.49. The van der Waals surface area contributed by atoms with Crippen molar-refractivity contribution >= 4 is 17.4 Å². The molecule has 0 spiro atoms. The van der Waals surface area contributed by atoms with Gasteiger partial charge in [-0.3, -0.25) is 4.57 Å². The average molecular weight is 309 g/mol. The van der Waals surface area contributed by atoms with Crippen LogP contribution >= 0.6 is 11.8 Å². The molecule has 0 fully saturated rings. The summed E-state index contributed by atoms with van der Waals surface area (Å²) in [7, 11) is 4.16. The molecule has 0 saturated carbocycles. The summed E-state index contributed by atoms with van der Waals surface area (Å²) in [6.07, 6.45) is 3.86. The van der Waals surface area contributed by atoms with Gasteiger partial charge in [-0.05, 0) is 23.8 Å². The summed E-state index contributed by atoms with van der Waals surface area (Å²) in [4.78, 5) is 6.65. The van der Waals surface area contributed by atoms with E-state index in [2.05, 4.69) is 64.9 Å². The lowest BCUT2D eigenvalue weighted by Crippen LogP contribution is -2.10. The highest BCUT2D eigenvalue weighted by atomic mass is 32.2. The van der Waals surface area contributed by atoms with Gasteiger partial charge in [-0.15, -0.1) is 0 Å². The van der Waals surface area contributed by atoms with Gasteiger partial charge in [0.2, 0.25) is 0 Å². The number of aromatic nitrogens is 2. The second-order valence-corrected chi connectivity index (χ2v) is 6.17. The van der Waals surface area contributed by atoms with Crippen molar-refractivity contribution in [2.75, 3.05) is 19.0 Å². The van der Waals surface area contributed by atoms with Gasteiger partial charge in [-0.2, -0.15) is 0 Å². The molecule has 22 heavy (non-hydrogen) atoms. The van der Waals surface area contributed by atoms with Crippen molar-refractivity contribution in [3.8, 4) is 5.69 Å². The van der Waals surface area contributed by atoms with Crippen molar-refractivity contribution in [3.63, 3.8) is 0 Å². The third-order valence-corrected chi connectivity index (χ3v) is 4.49. The number of para-hydroxylation sites is 2. The first-order valence-corrected chi connectivity index (χ1v) is 8.21. The molecule has 0 radical (unpaired) electrons. The van der Waals surface area contributed by atoms with E-state index in [1.807, 2.05) is 30.6 Å². The number of benzene rings is 2. The Balaban J connectivity index is 1.80. The third kappa shape index (κ3) is 3.17. The summed E-state index contributed by atoms with van der Waals surface area (Å²) in [5.41, 5.74) is 3.72.